The molecule has 0 radical (unpaired) electrons. The van der Waals surface area contributed by atoms with Crippen LogP contribution in [0.15, 0.2) is 18.2 Å². The minimum Gasteiger partial charge on any atom is -0.327 e. The molecule has 1 atom stereocenters. The van der Waals surface area contributed by atoms with Crippen molar-refractivity contribution in [1.29, 1.82) is 0 Å². The van der Waals surface area contributed by atoms with Crippen molar-refractivity contribution < 1.29 is 0 Å². The van der Waals surface area contributed by atoms with Crippen LogP contribution in [0.4, 0.5) is 0 Å². The van der Waals surface area contributed by atoms with Crippen molar-refractivity contribution in [2.75, 3.05) is 6.54 Å². The lowest BCUT2D eigenvalue weighted by Crippen LogP contribution is -2.30. The van der Waals surface area contributed by atoms with Crippen molar-refractivity contribution in [3.8, 4) is 0 Å². The molecule has 0 saturated carbocycles. The molecule has 0 bridgehead atoms. The van der Waals surface area contributed by atoms with E-state index in [1.807, 2.05) is 6.92 Å². The monoisotopic (exact) mass is 234 g/mol. The maximum absolute atomic E-state index is 5.73. The number of aryl methyl sites for hydroxylation is 1. The largest absolute Gasteiger partial charge is 0.327 e. The molecule has 1 unspecified atom stereocenters. The molecule has 0 aliphatic heterocycles. The Morgan fingerprint density at radius 2 is 1.94 bits per heavy atom. The van der Waals surface area contributed by atoms with E-state index in [9.17, 15) is 0 Å². The fourth-order valence-corrected chi connectivity index (χ4v) is 1.76. The summed E-state index contributed by atoms with van der Waals surface area (Å²) in [4.78, 5) is 0. The molecule has 3 N–H and O–H groups in total. The lowest BCUT2D eigenvalue weighted by Gasteiger charge is -2.21. The summed E-state index contributed by atoms with van der Waals surface area (Å²) >= 11 is 0. The first kappa shape index (κ1) is 14.2. The zero-order chi connectivity index (χ0) is 13.1. The summed E-state index contributed by atoms with van der Waals surface area (Å²) < 4.78 is 0. The van der Waals surface area contributed by atoms with E-state index in [0.29, 0.717) is 0 Å². The fourth-order valence-electron chi connectivity index (χ4n) is 1.76. The van der Waals surface area contributed by atoms with Crippen molar-refractivity contribution >= 4 is 0 Å². The molecule has 0 aliphatic rings. The topological polar surface area (TPSA) is 38.0 Å². The highest BCUT2D eigenvalue weighted by Gasteiger charge is 2.14. The Hall–Kier alpha value is -0.860. The molecule has 0 heterocycles. The summed E-state index contributed by atoms with van der Waals surface area (Å²) in [6.45, 7) is 12.7. The summed E-state index contributed by atoms with van der Waals surface area (Å²) in [6, 6.07) is 6.96. The standard InChI is InChI=1S/C15H26N2/c1-11-6-7-14(15(3,4)5)8-13(11)10-17-9-12(2)16/h6-8,12,17H,9-10,16H2,1-5H3. The van der Waals surface area contributed by atoms with Gasteiger partial charge in [0.1, 0.15) is 0 Å². The minimum atomic E-state index is 0.209. The molecule has 2 heteroatoms. The lowest BCUT2D eigenvalue weighted by molar-refractivity contribution is 0.583. The van der Waals surface area contributed by atoms with Crippen LogP contribution in [0.2, 0.25) is 0 Å². The maximum Gasteiger partial charge on any atom is 0.0208 e. The van der Waals surface area contributed by atoms with Crippen LogP contribution in [-0.4, -0.2) is 12.6 Å². The van der Waals surface area contributed by atoms with Gasteiger partial charge in [-0.1, -0.05) is 39.0 Å². The number of nitrogens with one attached hydrogen (secondary N) is 1. The Labute approximate surface area is 106 Å². The van der Waals surface area contributed by atoms with E-state index in [2.05, 4.69) is 51.2 Å². The van der Waals surface area contributed by atoms with Gasteiger partial charge in [-0.15, -0.1) is 0 Å². The van der Waals surface area contributed by atoms with Gasteiger partial charge in [0.2, 0.25) is 0 Å². The molecule has 1 aromatic carbocycles. The summed E-state index contributed by atoms with van der Waals surface area (Å²) in [5.41, 5.74) is 10.0. The second-order valence-corrected chi connectivity index (χ2v) is 6.00. The summed E-state index contributed by atoms with van der Waals surface area (Å²) in [5, 5.41) is 3.40. The first-order chi connectivity index (χ1) is 7.80. The zero-order valence-corrected chi connectivity index (χ0v) is 11.8. The van der Waals surface area contributed by atoms with Crippen molar-refractivity contribution in [1.82, 2.24) is 5.32 Å². The second-order valence-electron chi connectivity index (χ2n) is 6.00. The lowest BCUT2D eigenvalue weighted by atomic mass is 9.85. The molecular weight excluding hydrogens is 208 g/mol. The molecule has 0 saturated heterocycles. The van der Waals surface area contributed by atoms with Gasteiger partial charge in [-0.3, -0.25) is 0 Å². The van der Waals surface area contributed by atoms with E-state index in [4.69, 9.17) is 5.73 Å². The molecule has 0 amide bonds. The van der Waals surface area contributed by atoms with Crippen LogP contribution in [0.1, 0.15) is 44.4 Å². The maximum atomic E-state index is 5.73. The predicted octanol–water partition coefficient (Wildman–Crippen LogP) is 2.73. The van der Waals surface area contributed by atoms with Gasteiger partial charge in [0.25, 0.3) is 0 Å². The molecule has 1 rings (SSSR count). The third kappa shape index (κ3) is 4.49. The van der Waals surface area contributed by atoms with Crippen LogP contribution in [0, 0.1) is 6.92 Å². The van der Waals surface area contributed by atoms with Crippen LogP contribution < -0.4 is 11.1 Å². The molecule has 0 spiro atoms. The van der Waals surface area contributed by atoms with Crippen molar-refractivity contribution in [3.63, 3.8) is 0 Å². The number of nitrogens with two attached hydrogens (primary N) is 1. The Bertz CT molecular complexity index is 362. The normalized spacial score (nSPS) is 13.8. The van der Waals surface area contributed by atoms with E-state index < -0.39 is 0 Å². The summed E-state index contributed by atoms with van der Waals surface area (Å²) in [6.07, 6.45) is 0. The summed E-state index contributed by atoms with van der Waals surface area (Å²) in [7, 11) is 0. The average Bonchev–Trinajstić information content (AvgIpc) is 2.18. The van der Waals surface area contributed by atoms with Crippen molar-refractivity contribution in [2.24, 2.45) is 5.73 Å². The van der Waals surface area contributed by atoms with Crippen LogP contribution in [0.3, 0.4) is 0 Å². The van der Waals surface area contributed by atoms with Crippen molar-refractivity contribution in [3.05, 3.63) is 34.9 Å². The number of rotatable bonds is 4. The van der Waals surface area contributed by atoms with Crippen molar-refractivity contribution in [2.45, 2.75) is 52.6 Å². The van der Waals surface area contributed by atoms with Crippen LogP contribution >= 0.6 is 0 Å². The van der Waals surface area contributed by atoms with E-state index >= 15 is 0 Å². The minimum absolute atomic E-state index is 0.209. The van der Waals surface area contributed by atoms with Crippen LogP contribution in [0.5, 0.6) is 0 Å². The van der Waals surface area contributed by atoms with Gasteiger partial charge >= 0.3 is 0 Å². The average molecular weight is 234 g/mol. The molecule has 1 aromatic rings. The highest BCUT2D eigenvalue weighted by Crippen LogP contribution is 2.24. The van der Waals surface area contributed by atoms with E-state index in [1.165, 1.54) is 16.7 Å². The molecule has 17 heavy (non-hydrogen) atoms. The molecule has 96 valence electrons. The first-order valence-electron chi connectivity index (χ1n) is 6.37. The highest BCUT2D eigenvalue weighted by atomic mass is 14.9. The second kappa shape index (κ2) is 5.65. The molecule has 0 aliphatic carbocycles. The van der Waals surface area contributed by atoms with E-state index in [1.54, 1.807) is 0 Å². The molecule has 0 fully saturated rings. The van der Waals surface area contributed by atoms with Crippen LogP contribution in [-0.2, 0) is 12.0 Å². The van der Waals surface area contributed by atoms with Gasteiger partial charge < -0.3 is 11.1 Å². The molecular formula is C15H26N2. The Balaban J connectivity index is 2.77. The van der Waals surface area contributed by atoms with Crippen LogP contribution in [0.25, 0.3) is 0 Å². The van der Waals surface area contributed by atoms with E-state index in [-0.39, 0.29) is 11.5 Å². The molecule has 2 nitrogen and oxygen atoms in total. The Morgan fingerprint density at radius 1 is 1.29 bits per heavy atom. The van der Waals surface area contributed by atoms with Gasteiger partial charge in [-0.25, -0.2) is 0 Å². The zero-order valence-electron chi connectivity index (χ0n) is 11.8. The van der Waals surface area contributed by atoms with Gasteiger partial charge in [-0.05, 0) is 36.0 Å². The number of hydrogen-bond donors (Lipinski definition) is 2. The Morgan fingerprint density at radius 3 is 2.47 bits per heavy atom. The smallest absolute Gasteiger partial charge is 0.0208 e. The summed E-state index contributed by atoms with van der Waals surface area (Å²) in [5.74, 6) is 0. The third-order valence-corrected chi connectivity index (χ3v) is 3.00. The van der Waals surface area contributed by atoms with Gasteiger partial charge in [0.05, 0.1) is 0 Å². The Kier molecular flexibility index (Phi) is 4.72. The fraction of sp³-hybridized carbons (Fsp3) is 0.600. The van der Waals surface area contributed by atoms with Gasteiger partial charge in [0, 0.05) is 19.1 Å². The van der Waals surface area contributed by atoms with E-state index in [0.717, 1.165) is 13.1 Å². The molecule has 0 aromatic heterocycles. The van der Waals surface area contributed by atoms with Gasteiger partial charge in [0.15, 0.2) is 0 Å². The quantitative estimate of drug-likeness (QED) is 0.840. The number of hydrogen-bond acceptors (Lipinski definition) is 2. The highest BCUT2D eigenvalue weighted by molar-refractivity contribution is 5.34. The predicted molar refractivity (Wildman–Crippen MR) is 75.2 cm³/mol. The SMILES string of the molecule is Cc1ccc(C(C)(C)C)cc1CNCC(C)N. The van der Waals surface area contributed by atoms with Gasteiger partial charge in [-0.2, -0.15) is 0 Å². The first-order valence-corrected chi connectivity index (χ1v) is 6.37. The third-order valence-electron chi connectivity index (χ3n) is 3.00. The number of benzene rings is 1.